The molecule has 9 heteroatoms. The lowest BCUT2D eigenvalue weighted by Crippen LogP contribution is -2.36. The van der Waals surface area contributed by atoms with Crippen molar-refractivity contribution in [1.82, 2.24) is 14.5 Å². The Morgan fingerprint density at radius 2 is 1.76 bits per heavy atom. The Labute approximate surface area is 199 Å². The molecule has 34 heavy (non-hydrogen) atoms. The molecule has 0 atom stereocenters. The number of fused-ring (bicyclic) bond motifs is 1. The SMILES string of the molecule is Cc1ccc(-c2nnc(CCC(=O)N3CCCc4cc(S(=O)(=O)N5CCCC5)ccc43)o2)cc1. The van der Waals surface area contributed by atoms with Crippen LogP contribution in [0.2, 0.25) is 0 Å². The standard InChI is InChI=1S/C25H28N4O4S/c1-18-6-8-19(9-7-18)25-27-26-23(33-25)12-13-24(30)29-16-4-5-20-17-21(10-11-22(20)29)34(31,32)28-14-2-3-15-28/h6-11,17H,2-5,12-16H2,1H3. The first-order chi connectivity index (χ1) is 16.4. The maximum atomic E-state index is 13.0. The van der Waals surface area contributed by atoms with Gasteiger partial charge in [-0.3, -0.25) is 4.79 Å². The van der Waals surface area contributed by atoms with Gasteiger partial charge >= 0.3 is 0 Å². The van der Waals surface area contributed by atoms with Crippen molar-refractivity contribution in [3.05, 3.63) is 59.5 Å². The first-order valence-electron chi connectivity index (χ1n) is 11.7. The molecule has 2 aliphatic heterocycles. The van der Waals surface area contributed by atoms with E-state index in [4.69, 9.17) is 4.42 Å². The number of anilines is 1. The van der Waals surface area contributed by atoms with Gasteiger partial charge in [-0.2, -0.15) is 4.31 Å². The van der Waals surface area contributed by atoms with Crippen molar-refractivity contribution in [2.75, 3.05) is 24.5 Å². The number of nitrogens with zero attached hydrogens (tertiary/aromatic N) is 4. The van der Waals surface area contributed by atoms with Gasteiger partial charge in [-0.25, -0.2) is 8.42 Å². The maximum Gasteiger partial charge on any atom is 0.247 e. The van der Waals surface area contributed by atoms with Gasteiger partial charge in [0.15, 0.2) is 0 Å². The zero-order valence-electron chi connectivity index (χ0n) is 19.2. The van der Waals surface area contributed by atoms with Crippen molar-refractivity contribution < 1.29 is 17.6 Å². The number of benzene rings is 2. The van der Waals surface area contributed by atoms with Gasteiger partial charge in [0.1, 0.15) is 0 Å². The molecular formula is C25H28N4O4S. The topological polar surface area (TPSA) is 96.6 Å². The van der Waals surface area contributed by atoms with Gasteiger partial charge in [-0.1, -0.05) is 17.7 Å². The molecule has 0 aliphatic carbocycles. The Balaban J connectivity index is 1.27. The summed E-state index contributed by atoms with van der Waals surface area (Å²) < 4.78 is 33.2. The largest absolute Gasteiger partial charge is 0.421 e. The van der Waals surface area contributed by atoms with Gasteiger partial charge in [0, 0.05) is 43.7 Å². The second-order valence-corrected chi connectivity index (χ2v) is 10.9. The van der Waals surface area contributed by atoms with E-state index in [-0.39, 0.29) is 12.3 Å². The summed E-state index contributed by atoms with van der Waals surface area (Å²) in [7, 11) is -3.48. The molecule has 1 fully saturated rings. The smallest absolute Gasteiger partial charge is 0.247 e. The summed E-state index contributed by atoms with van der Waals surface area (Å²) in [4.78, 5) is 15.1. The Morgan fingerprint density at radius 3 is 2.53 bits per heavy atom. The van der Waals surface area contributed by atoms with Gasteiger partial charge < -0.3 is 9.32 Å². The highest BCUT2D eigenvalue weighted by atomic mass is 32.2. The van der Waals surface area contributed by atoms with Crippen LogP contribution in [-0.4, -0.2) is 48.5 Å². The Bertz CT molecular complexity index is 1290. The predicted molar refractivity (Wildman–Crippen MR) is 128 cm³/mol. The third kappa shape index (κ3) is 4.50. The summed E-state index contributed by atoms with van der Waals surface area (Å²) in [5.41, 5.74) is 3.69. The van der Waals surface area contributed by atoms with E-state index in [0.717, 1.165) is 48.1 Å². The number of hydrogen-bond donors (Lipinski definition) is 0. The third-order valence-electron chi connectivity index (χ3n) is 6.49. The summed E-state index contributed by atoms with van der Waals surface area (Å²) >= 11 is 0. The molecule has 178 valence electrons. The molecule has 1 saturated heterocycles. The molecule has 2 aromatic carbocycles. The van der Waals surface area contributed by atoms with Crippen molar-refractivity contribution >= 4 is 21.6 Å². The minimum atomic E-state index is -3.48. The van der Waals surface area contributed by atoms with Crippen LogP contribution in [0, 0.1) is 6.92 Å². The highest BCUT2D eigenvalue weighted by Gasteiger charge is 2.29. The van der Waals surface area contributed by atoms with E-state index in [2.05, 4.69) is 10.2 Å². The van der Waals surface area contributed by atoms with E-state index in [1.54, 1.807) is 27.4 Å². The second-order valence-electron chi connectivity index (χ2n) is 8.92. The number of amides is 1. The quantitative estimate of drug-likeness (QED) is 0.533. The summed E-state index contributed by atoms with van der Waals surface area (Å²) in [6.07, 6.45) is 3.95. The number of rotatable bonds is 6. The highest BCUT2D eigenvalue weighted by molar-refractivity contribution is 7.89. The molecule has 5 rings (SSSR count). The Kier molecular flexibility index (Phi) is 6.22. The molecule has 1 amide bonds. The summed E-state index contributed by atoms with van der Waals surface area (Å²) in [5, 5.41) is 8.20. The lowest BCUT2D eigenvalue weighted by molar-refractivity contribution is -0.118. The average Bonchev–Trinajstić information content (AvgIpc) is 3.55. The lowest BCUT2D eigenvalue weighted by atomic mass is 10.0. The van der Waals surface area contributed by atoms with Crippen LogP contribution in [0.5, 0.6) is 0 Å². The number of carbonyl (C=O) groups excluding carboxylic acids is 1. The third-order valence-corrected chi connectivity index (χ3v) is 8.39. The molecule has 3 heterocycles. The van der Waals surface area contributed by atoms with Gasteiger partial charge in [0.05, 0.1) is 4.90 Å². The summed E-state index contributed by atoms with van der Waals surface area (Å²) in [6, 6.07) is 13.0. The first kappa shape index (κ1) is 22.7. The fraction of sp³-hybridized carbons (Fsp3) is 0.400. The summed E-state index contributed by atoms with van der Waals surface area (Å²) in [6.45, 7) is 3.78. The average molecular weight is 481 g/mol. The van der Waals surface area contributed by atoms with Crippen molar-refractivity contribution in [2.24, 2.45) is 0 Å². The minimum Gasteiger partial charge on any atom is -0.421 e. The van der Waals surface area contributed by atoms with Crippen LogP contribution in [0.3, 0.4) is 0 Å². The zero-order valence-corrected chi connectivity index (χ0v) is 20.1. The maximum absolute atomic E-state index is 13.0. The number of aromatic nitrogens is 2. The van der Waals surface area contributed by atoms with Crippen molar-refractivity contribution in [3.8, 4) is 11.5 Å². The predicted octanol–water partition coefficient (Wildman–Crippen LogP) is 3.74. The molecule has 8 nitrogen and oxygen atoms in total. The molecule has 0 saturated carbocycles. The molecule has 0 bridgehead atoms. The fourth-order valence-electron chi connectivity index (χ4n) is 4.59. The van der Waals surface area contributed by atoms with E-state index in [9.17, 15) is 13.2 Å². The molecular weight excluding hydrogens is 452 g/mol. The van der Waals surface area contributed by atoms with E-state index in [1.807, 2.05) is 31.2 Å². The highest BCUT2D eigenvalue weighted by Crippen LogP contribution is 2.32. The van der Waals surface area contributed by atoms with Crippen LogP contribution in [-0.2, 0) is 27.7 Å². The molecule has 0 unspecified atom stereocenters. The van der Waals surface area contributed by atoms with Crippen LogP contribution >= 0.6 is 0 Å². The molecule has 3 aromatic rings. The first-order valence-corrected chi connectivity index (χ1v) is 13.2. The Morgan fingerprint density at radius 1 is 1.00 bits per heavy atom. The van der Waals surface area contributed by atoms with Gasteiger partial charge in [-0.05, 0) is 68.5 Å². The molecule has 0 N–H and O–H groups in total. The number of aryl methyl sites for hydroxylation is 3. The van der Waals surface area contributed by atoms with E-state index in [1.165, 1.54) is 0 Å². The molecule has 2 aliphatic rings. The van der Waals surface area contributed by atoms with Crippen LogP contribution in [0.1, 0.15) is 42.7 Å². The molecule has 0 spiro atoms. The van der Waals surface area contributed by atoms with Crippen LogP contribution < -0.4 is 4.90 Å². The van der Waals surface area contributed by atoms with Crippen molar-refractivity contribution in [3.63, 3.8) is 0 Å². The summed E-state index contributed by atoms with van der Waals surface area (Å²) in [5.74, 6) is 0.830. The fourth-order valence-corrected chi connectivity index (χ4v) is 6.16. The van der Waals surface area contributed by atoms with E-state index in [0.29, 0.717) is 42.7 Å². The zero-order chi connectivity index (χ0) is 23.7. The molecule has 0 radical (unpaired) electrons. The number of hydrogen-bond acceptors (Lipinski definition) is 6. The van der Waals surface area contributed by atoms with Crippen LogP contribution in [0.25, 0.3) is 11.5 Å². The van der Waals surface area contributed by atoms with Gasteiger partial charge in [-0.15, -0.1) is 10.2 Å². The van der Waals surface area contributed by atoms with Crippen LogP contribution in [0.4, 0.5) is 5.69 Å². The van der Waals surface area contributed by atoms with Crippen molar-refractivity contribution in [1.29, 1.82) is 0 Å². The van der Waals surface area contributed by atoms with E-state index >= 15 is 0 Å². The normalized spacial score (nSPS) is 16.6. The monoisotopic (exact) mass is 480 g/mol. The van der Waals surface area contributed by atoms with Crippen molar-refractivity contribution in [2.45, 2.75) is 50.3 Å². The minimum absolute atomic E-state index is 0.0359. The van der Waals surface area contributed by atoms with Gasteiger partial charge in [0.25, 0.3) is 0 Å². The Hall–Kier alpha value is -3.04. The van der Waals surface area contributed by atoms with E-state index < -0.39 is 10.0 Å². The lowest BCUT2D eigenvalue weighted by Gasteiger charge is -2.30. The van der Waals surface area contributed by atoms with Gasteiger partial charge in [0.2, 0.25) is 27.7 Å². The molecule has 1 aromatic heterocycles. The number of carbonyl (C=O) groups is 1. The number of sulfonamides is 1. The van der Waals surface area contributed by atoms with Crippen LogP contribution in [0.15, 0.2) is 51.8 Å². The second kappa shape index (κ2) is 9.31.